The van der Waals surface area contributed by atoms with Gasteiger partial charge in [0.05, 0.1) is 19.8 Å². The molecule has 0 aromatic carbocycles. The van der Waals surface area contributed by atoms with E-state index in [0.717, 1.165) is 0 Å². The van der Waals surface area contributed by atoms with Gasteiger partial charge in [-0.2, -0.15) is 0 Å². The molecule has 0 aliphatic heterocycles. The maximum atomic E-state index is 11.8. The van der Waals surface area contributed by atoms with Crippen molar-refractivity contribution in [3.05, 3.63) is 0 Å². The maximum absolute atomic E-state index is 11.8. The van der Waals surface area contributed by atoms with Crippen molar-refractivity contribution in [1.29, 1.82) is 0 Å². The van der Waals surface area contributed by atoms with Gasteiger partial charge in [0.1, 0.15) is 17.6 Å². The lowest BCUT2D eigenvalue weighted by molar-refractivity contribution is -0.144. The Bertz CT molecular complexity index is 493. The van der Waals surface area contributed by atoms with Crippen LogP contribution in [0.15, 0.2) is 0 Å². The van der Waals surface area contributed by atoms with Gasteiger partial charge >= 0.3 is 5.97 Å². The molecule has 27 heavy (non-hydrogen) atoms. The van der Waals surface area contributed by atoms with Crippen LogP contribution in [-0.2, 0) is 38.2 Å². The van der Waals surface area contributed by atoms with Crippen molar-refractivity contribution in [3.8, 4) is 0 Å². The zero-order valence-electron chi connectivity index (χ0n) is 15.4. The van der Waals surface area contributed by atoms with Crippen LogP contribution >= 0.6 is 0 Å². The molecule has 0 radical (unpaired) electrons. The minimum absolute atomic E-state index is 0.0000577. The van der Waals surface area contributed by atoms with E-state index in [0.29, 0.717) is 39.3 Å². The number of hydrogen-bond acceptors (Lipinski definition) is 8. The van der Waals surface area contributed by atoms with E-state index < -0.39 is 24.5 Å². The van der Waals surface area contributed by atoms with Gasteiger partial charge in [-0.25, -0.2) is 4.79 Å². The van der Waals surface area contributed by atoms with Crippen LogP contribution in [0.1, 0.15) is 39.0 Å². The summed E-state index contributed by atoms with van der Waals surface area (Å²) in [6, 6.07) is -1.22. The van der Waals surface area contributed by atoms with Crippen LogP contribution in [0, 0.1) is 0 Å². The van der Waals surface area contributed by atoms with E-state index >= 15 is 0 Å². The highest BCUT2D eigenvalue weighted by atomic mass is 16.5. The summed E-state index contributed by atoms with van der Waals surface area (Å²) in [5.41, 5.74) is 0. The van der Waals surface area contributed by atoms with Crippen molar-refractivity contribution < 1.29 is 43.3 Å². The summed E-state index contributed by atoms with van der Waals surface area (Å²) in [4.78, 5) is 54.9. The van der Waals surface area contributed by atoms with Gasteiger partial charge in [0.25, 0.3) is 12.4 Å². The molecule has 154 valence electrons. The molecule has 10 heteroatoms. The van der Waals surface area contributed by atoms with E-state index in [-0.39, 0.29) is 37.3 Å². The highest BCUT2D eigenvalue weighted by Crippen LogP contribution is 2.04. The highest BCUT2D eigenvalue weighted by molar-refractivity contribution is 5.85. The Balaban J connectivity index is 3.77. The SMILES string of the molecule is CC(=O)CCOCCOCCCC(=O)CCC(NC(=O)COC=O)C(=O)O. The Morgan fingerprint density at radius 1 is 1.00 bits per heavy atom. The van der Waals surface area contributed by atoms with E-state index in [1.807, 2.05) is 0 Å². The summed E-state index contributed by atoms with van der Waals surface area (Å²) in [5, 5.41) is 11.2. The van der Waals surface area contributed by atoms with Crippen LogP contribution in [0.2, 0.25) is 0 Å². The number of ketones is 2. The van der Waals surface area contributed by atoms with E-state index in [1.165, 1.54) is 6.92 Å². The number of nitrogens with one attached hydrogen (secondary N) is 1. The number of Topliss-reactive ketones (excluding diaryl/α,β-unsaturated/α-hetero) is 2. The van der Waals surface area contributed by atoms with Crippen molar-refractivity contribution in [2.24, 2.45) is 0 Å². The number of carbonyl (C=O) groups is 5. The van der Waals surface area contributed by atoms with E-state index in [9.17, 15) is 24.0 Å². The van der Waals surface area contributed by atoms with Gasteiger partial charge in [-0.3, -0.25) is 19.2 Å². The van der Waals surface area contributed by atoms with Crippen LogP contribution < -0.4 is 5.32 Å². The highest BCUT2D eigenvalue weighted by Gasteiger charge is 2.21. The number of amides is 1. The van der Waals surface area contributed by atoms with Gasteiger partial charge < -0.3 is 24.6 Å². The second kappa shape index (κ2) is 15.9. The molecule has 0 saturated heterocycles. The molecule has 2 N–H and O–H groups in total. The first-order chi connectivity index (χ1) is 12.9. The monoisotopic (exact) mass is 389 g/mol. The molecule has 0 aromatic rings. The molecular weight excluding hydrogens is 362 g/mol. The van der Waals surface area contributed by atoms with Crippen molar-refractivity contribution in [3.63, 3.8) is 0 Å². The number of carboxylic acid groups (broad SMARTS) is 1. The number of hydrogen-bond donors (Lipinski definition) is 2. The summed E-state index contributed by atoms with van der Waals surface area (Å²) >= 11 is 0. The minimum Gasteiger partial charge on any atom is -0.480 e. The molecule has 0 heterocycles. The number of ether oxygens (including phenoxy) is 3. The zero-order chi connectivity index (χ0) is 20.5. The lowest BCUT2D eigenvalue weighted by Crippen LogP contribution is -2.42. The average molecular weight is 389 g/mol. The molecular formula is C17H27NO9. The smallest absolute Gasteiger partial charge is 0.326 e. The maximum Gasteiger partial charge on any atom is 0.326 e. The van der Waals surface area contributed by atoms with E-state index in [2.05, 4.69) is 10.1 Å². The molecule has 0 fully saturated rings. The second-order valence-electron chi connectivity index (χ2n) is 5.72. The predicted molar refractivity (Wildman–Crippen MR) is 92.0 cm³/mol. The van der Waals surface area contributed by atoms with Crippen molar-refractivity contribution in [1.82, 2.24) is 5.32 Å². The second-order valence-corrected chi connectivity index (χ2v) is 5.72. The Kier molecular flexibility index (Phi) is 14.5. The van der Waals surface area contributed by atoms with E-state index in [4.69, 9.17) is 14.6 Å². The molecule has 0 saturated carbocycles. The number of carboxylic acids is 1. The third-order valence-corrected chi connectivity index (χ3v) is 3.34. The minimum atomic E-state index is -1.27. The van der Waals surface area contributed by atoms with Gasteiger partial charge in [0.2, 0.25) is 0 Å². The fourth-order valence-electron chi connectivity index (χ4n) is 1.94. The first-order valence-corrected chi connectivity index (χ1v) is 8.60. The predicted octanol–water partition coefficient (Wildman–Crippen LogP) is -0.129. The first kappa shape index (κ1) is 24.7. The molecule has 0 aliphatic rings. The molecule has 10 nitrogen and oxygen atoms in total. The fourth-order valence-corrected chi connectivity index (χ4v) is 1.94. The van der Waals surface area contributed by atoms with Crippen LogP contribution in [0.3, 0.4) is 0 Å². The Labute approximate surface area is 157 Å². The number of aliphatic carboxylic acids is 1. The zero-order valence-corrected chi connectivity index (χ0v) is 15.4. The van der Waals surface area contributed by atoms with Gasteiger partial charge in [-0.1, -0.05) is 0 Å². The lowest BCUT2D eigenvalue weighted by atomic mass is 10.1. The molecule has 0 spiro atoms. The normalized spacial score (nSPS) is 11.4. The first-order valence-electron chi connectivity index (χ1n) is 8.60. The van der Waals surface area contributed by atoms with Gasteiger partial charge in [-0.05, 0) is 19.8 Å². The van der Waals surface area contributed by atoms with Crippen molar-refractivity contribution in [2.75, 3.05) is 33.0 Å². The van der Waals surface area contributed by atoms with Gasteiger partial charge in [0, 0.05) is 25.9 Å². The van der Waals surface area contributed by atoms with Crippen LogP contribution in [0.5, 0.6) is 0 Å². The molecule has 1 unspecified atom stereocenters. The molecule has 0 aliphatic carbocycles. The molecule has 1 amide bonds. The van der Waals surface area contributed by atoms with Crippen LogP contribution in [0.25, 0.3) is 0 Å². The summed E-state index contributed by atoms with van der Waals surface area (Å²) in [5.74, 6) is -2.09. The largest absolute Gasteiger partial charge is 0.480 e. The third-order valence-electron chi connectivity index (χ3n) is 3.34. The lowest BCUT2D eigenvalue weighted by Gasteiger charge is -2.13. The fraction of sp³-hybridized carbons (Fsp3) is 0.706. The van der Waals surface area contributed by atoms with Crippen molar-refractivity contribution >= 4 is 29.9 Å². The third kappa shape index (κ3) is 15.6. The quantitative estimate of drug-likeness (QED) is 0.242. The molecule has 0 aromatic heterocycles. The standard InChI is InChI=1S/C17H27NO9/c1-13(20)6-8-26-10-9-25-7-2-3-14(21)4-5-15(17(23)24)18-16(22)11-27-12-19/h12,15H,2-11H2,1H3,(H,18,22)(H,23,24). The van der Waals surface area contributed by atoms with Gasteiger partial charge in [-0.15, -0.1) is 0 Å². The summed E-state index contributed by atoms with van der Waals surface area (Å²) in [7, 11) is 0. The Morgan fingerprint density at radius 3 is 2.26 bits per heavy atom. The van der Waals surface area contributed by atoms with Crippen LogP contribution in [-0.4, -0.2) is 74.1 Å². The molecule has 0 rings (SSSR count). The Hall–Kier alpha value is -2.33. The summed E-state index contributed by atoms with van der Waals surface area (Å²) in [6.07, 6.45) is 1.05. The molecule has 0 bridgehead atoms. The Morgan fingerprint density at radius 2 is 1.67 bits per heavy atom. The summed E-state index contributed by atoms with van der Waals surface area (Å²) in [6.45, 7) is 2.46. The molecule has 1 atom stereocenters. The van der Waals surface area contributed by atoms with Crippen molar-refractivity contribution in [2.45, 2.75) is 45.1 Å². The topological polar surface area (TPSA) is 145 Å². The van der Waals surface area contributed by atoms with Crippen LogP contribution in [0.4, 0.5) is 0 Å². The number of carbonyl (C=O) groups excluding carboxylic acids is 4. The van der Waals surface area contributed by atoms with Gasteiger partial charge in [0.15, 0.2) is 6.61 Å². The number of rotatable bonds is 18. The summed E-state index contributed by atoms with van der Waals surface area (Å²) < 4.78 is 14.7. The average Bonchev–Trinajstić information content (AvgIpc) is 2.61. The van der Waals surface area contributed by atoms with E-state index in [1.54, 1.807) is 0 Å².